The Labute approximate surface area is 152 Å². The molecule has 1 aromatic carbocycles. The van der Waals surface area contributed by atoms with Crippen molar-refractivity contribution in [2.45, 2.75) is 19.4 Å². The smallest absolute Gasteiger partial charge is 0.275 e. The molecule has 0 amide bonds. The zero-order chi connectivity index (χ0) is 18.5. The molecule has 8 nitrogen and oxygen atoms in total. The van der Waals surface area contributed by atoms with Gasteiger partial charge in [0, 0.05) is 55.5 Å². The van der Waals surface area contributed by atoms with Crippen molar-refractivity contribution < 1.29 is 14.4 Å². The number of hydrogen-bond acceptors (Lipinski definition) is 7. The van der Waals surface area contributed by atoms with Crippen LogP contribution in [0.4, 0.5) is 11.4 Å². The monoisotopic (exact) mass is 360 g/mol. The van der Waals surface area contributed by atoms with Crippen molar-refractivity contribution in [1.82, 2.24) is 4.90 Å². The highest BCUT2D eigenvalue weighted by Gasteiger charge is 2.31. The van der Waals surface area contributed by atoms with Gasteiger partial charge in [0.15, 0.2) is 0 Å². The van der Waals surface area contributed by atoms with E-state index in [0.717, 1.165) is 45.9 Å². The Hall–Kier alpha value is -2.21. The van der Waals surface area contributed by atoms with Crippen molar-refractivity contribution in [2.75, 3.05) is 51.4 Å². The lowest BCUT2D eigenvalue weighted by Gasteiger charge is -2.37. The second-order valence-corrected chi connectivity index (χ2v) is 6.76. The molecule has 2 saturated heterocycles. The van der Waals surface area contributed by atoms with E-state index in [1.807, 2.05) is 6.07 Å². The van der Waals surface area contributed by atoms with Gasteiger partial charge in [-0.05, 0) is 19.4 Å². The maximum atomic E-state index is 11.3. The van der Waals surface area contributed by atoms with E-state index in [2.05, 4.69) is 10.2 Å². The summed E-state index contributed by atoms with van der Waals surface area (Å²) >= 11 is 0. The number of anilines is 1. The van der Waals surface area contributed by atoms with Gasteiger partial charge in [0.25, 0.3) is 5.69 Å². The van der Waals surface area contributed by atoms with Gasteiger partial charge >= 0.3 is 0 Å². The molecule has 2 fully saturated rings. The molecule has 0 aromatic heterocycles. The Balaban J connectivity index is 1.79. The molecule has 2 heterocycles. The van der Waals surface area contributed by atoms with Crippen LogP contribution in [0.3, 0.4) is 0 Å². The zero-order valence-corrected chi connectivity index (χ0v) is 14.9. The molecule has 0 saturated carbocycles. The predicted molar refractivity (Wildman–Crippen MR) is 96.1 cm³/mol. The van der Waals surface area contributed by atoms with Crippen molar-refractivity contribution >= 4 is 11.4 Å². The van der Waals surface area contributed by atoms with Crippen LogP contribution in [0.1, 0.15) is 17.5 Å². The molecular formula is C18H24N4O4. The van der Waals surface area contributed by atoms with Crippen molar-refractivity contribution in [2.24, 2.45) is 5.92 Å². The lowest BCUT2D eigenvalue weighted by Crippen LogP contribution is -2.50. The molecule has 140 valence electrons. The number of ether oxygens (including phenoxy) is 2. The Morgan fingerprint density at radius 1 is 1.38 bits per heavy atom. The summed E-state index contributed by atoms with van der Waals surface area (Å²) in [4.78, 5) is 13.2. The Morgan fingerprint density at radius 2 is 2.15 bits per heavy atom. The minimum Gasteiger partial charge on any atom is -0.383 e. The fraction of sp³-hybridized carbons (Fsp3) is 0.611. The summed E-state index contributed by atoms with van der Waals surface area (Å²) in [5.74, 6) is 0.426. The summed E-state index contributed by atoms with van der Waals surface area (Å²) in [5.41, 5.74) is 1.46. The largest absolute Gasteiger partial charge is 0.383 e. The van der Waals surface area contributed by atoms with Crippen molar-refractivity contribution in [1.29, 1.82) is 5.26 Å². The number of rotatable bonds is 6. The van der Waals surface area contributed by atoms with Crippen LogP contribution in [0, 0.1) is 34.3 Å². The third-order valence-corrected chi connectivity index (χ3v) is 5.23. The molecule has 0 aliphatic carbocycles. The van der Waals surface area contributed by atoms with E-state index in [0.29, 0.717) is 23.7 Å². The summed E-state index contributed by atoms with van der Waals surface area (Å²) in [6.45, 7) is 7.07. The highest BCUT2D eigenvalue weighted by atomic mass is 16.6. The Kier molecular flexibility index (Phi) is 6.04. The average molecular weight is 360 g/mol. The standard InChI is InChI=1S/C18H24N4O4/c1-13-16(8-14(10-19)9-17(13)22(23)24)20-11-18(15-2-5-26-12-15)21-3-6-25-7-4-21/h8-9,15,18,20H,2-7,11-12H2,1H3/t15-,18+/m0/s1. The van der Waals surface area contributed by atoms with Crippen LogP contribution in [0.2, 0.25) is 0 Å². The molecule has 3 rings (SSSR count). The molecule has 0 radical (unpaired) electrons. The van der Waals surface area contributed by atoms with Gasteiger partial charge in [0.05, 0.1) is 36.4 Å². The molecule has 0 bridgehead atoms. The quantitative estimate of drug-likeness (QED) is 0.611. The number of nitriles is 1. The minimum absolute atomic E-state index is 0.0290. The van der Waals surface area contributed by atoms with Crippen LogP contribution in [0.5, 0.6) is 0 Å². The lowest BCUT2D eigenvalue weighted by molar-refractivity contribution is -0.385. The minimum atomic E-state index is -0.439. The fourth-order valence-corrected chi connectivity index (χ4v) is 3.71. The number of nitro groups is 1. The number of nitrogens with zero attached hydrogens (tertiary/aromatic N) is 3. The number of benzene rings is 1. The van der Waals surface area contributed by atoms with E-state index in [4.69, 9.17) is 9.47 Å². The molecular weight excluding hydrogens is 336 g/mol. The summed E-state index contributed by atoms with van der Waals surface area (Å²) in [6, 6.07) is 5.28. The predicted octanol–water partition coefficient (Wildman–Crippen LogP) is 1.92. The number of nitrogens with one attached hydrogen (secondary N) is 1. The van der Waals surface area contributed by atoms with E-state index in [9.17, 15) is 15.4 Å². The number of nitro benzene ring substituents is 1. The van der Waals surface area contributed by atoms with Gasteiger partial charge in [-0.25, -0.2) is 0 Å². The van der Waals surface area contributed by atoms with E-state index < -0.39 is 4.92 Å². The van der Waals surface area contributed by atoms with Crippen LogP contribution in [-0.4, -0.2) is 61.9 Å². The molecule has 26 heavy (non-hydrogen) atoms. The summed E-state index contributed by atoms with van der Waals surface area (Å²) in [5, 5.41) is 23.8. The molecule has 1 aromatic rings. The first kappa shape index (κ1) is 18.6. The van der Waals surface area contributed by atoms with E-state index in [-0.39, 0.29) is 17.3 Å². The summed E-state index contributed by atoms with van der Waals surface area (Å²) in [7, 11) is 0. The maximum Gasteiger partial charge on any atom is 0.275 e. The van der Waals surface area contributed by atoms with Crippen LogP contribution in [0.25, 0.3) is 0 Å². The molecule has 0 spiro atoms. The van der Waals surface area contributed by atoms with Gasteiger partial charge in [-0.2, -0.15) is 5.26 Å². The number of morpholine rings is 1. The van der Waals surface area contributed by atoms with Crippen molar-refractivity contribution in [3.05, 3.63) is 33.4 Å². The van der Waals surface area contributed by atoms with E-state index in [1.54, 1.807) is 13.0 Å². The molecule has 2 aliphatic heterocycles. The number of hydrogen-bond donors (Lipinski definition) is 1. The van der Waals surface area contributed by atoms with Gasteiger partial charge in [-0.1, -0.05) is 0 Å². The average Bonchev–Trinajstić information content (AvgIpc) is 3.18. The maximum absolute atomic E-state index is 11.3. The summed E-state index contributed by atoms with van der Waals surface area (Å²) < 4.78 is 11.0. The van der Waals surface area contributed by atoms with Gasteiger partial charge < -0.3 is 14.8 Å². The van der Waals surface area contributed by atoms with Gasteiger partial charge in [-0.3, -0.25) is 15.0 Å². The first-order valence-corrected chi connectivity index (χ1v) is 8.92. The third-order valence-electron chi connectivity index (χ3n) is 5.23. The molecule has 2 atom stereocenters. The van der Waals surface area contributed by atoms with Crippen molar-refractivity contribution in [3.63, 3.8) is 0 Å². The van der Waals surface area contributed by atoms with Gasteiger partial charge in [0.1, 0.15) is 0 Å². The first-order valence-electron chi connectivity index (χ1n) is 8.92. The highest BCUT2D eigenvalue weighted by Crippen LogP contribution is 2.29. The van der Waals surface area contributed by atoms with E-state index in [1.165, 1.54) is 6.07 Å². The lowest BCUT2D eigenvalue weighted by atomic mass is 9.96. The van der Waals surface area contributed by atoms with Crippen LogP contribution in [0.15, 0.2) is 12.1 Å². The second kappa shape index (κ2) is 8.45. The fourth-order valence-electron chi connectivity index (χ4n) is 3.71. The van der Waals surface area contributed by atoms with E-state index >= 15 is 0 Å². The van der Waals surface area contributed by atoms with Crippen molar-refractivity contribution in [3.8, 4) is 6.07 Å². The van der Waals surface area contributed by atoms with Gasteiger partial charge in [-0.15, -0.1) is 0 Å². The van der Waals surface area contributed by atoms with Crippen LogP contribution in [-0.2, 0) is 9.47 Å². The molecule has 1 N–H and O–H groups in total. The Bertz CT molecular complexity index is 691. The zero-order valence-electron chi connectivity index (χ0n) is 14.9. The van der Waals surface area contributed by atoms with Crippen LogP contribution < -0.4 is 5.32 Å². The second-order valence-electron chi connectivity index (χ2n) is 6.76. The summed E-state index contributed by atoms with van der Waals surface area (Å²) in [6.07, 6.45) is 1.01. The van der Waals surface area contributed by atoms with Gasteiger partial charge in [0.2, 0.25) is 0 Å². The Morgan fingerprint density at radius 3 is 2.77 bits per heavy atom. The SMILES string of the molecule is Cc1c(NC[C@H]([C@H]2CCOC2)N2CCOCC2)cc(C#N)cc1[N+](=O)[O-]. The van der Waals surface area contributed by atoms with Crippen LogP contribution >= 0.6 is 0 Å². The highest BCUT2D eigenvalue weighted by molar-refractivity contribution is 5.64. The normalized spacial score (nSPS) is 21.9. The molecule has 8 heteroatoms. The topological polar surface area (TPSA) is 101 Å². The first-order chi connectivity index (χ1) is 12.6. The molecule has 0 unspecified atom stereocenters. The molecule has 2 aliphatic rings. The third kappa shape index (κ3) is 4.12.